The van der Waals surface area contributed by atoms with Crippen molar-refractivity contribution in [3.05, 3.63) is 39.5 Å². The first-order chi connectivity index (χ1) is 8.52. The zero-order chi connectivity index (χ0) is 13.3. The Balaban J connectivity index is 2.23. The molecular weight excluding hydrogens is 237 g/mol. The van der Waals surface area contributed by atoms with E-state index < -0.39 is 18.3 Å². The second-order valence-corrected chi connectivity index (χ2v) is 4.74. The molecule has 98 valence electrons. The maximum absolute atomic E-state index is 13.9. The lowest BCUT2D eigenvalue weighted by Crippen LogP contribution is -2.23. The Hall–Kier alpha value is -1.33. The monoisotopic (exact) mass is 253 g/mol. The molecule has 0 aromatic heterocycles. The first kappa shape index (κ1) is 13.1. The minimum Gasteiger partial charge on any atom is -0.390 e. The van der Waals surface area contributed by atoms with Crippen molar-refractivity contribution < 1.29 is 14.2 Å². The van der Waals surface area contributed by atoms with E-state index in [2.05, 4.69) is 5.18 Å². The average Bonchev–Trinajstić information content (AvgIpc) is 2.66. The smallest absolute Gasteiger partial charge is 0.129 e. The molecule has 1 aliphatic rings. The van der Waals surface area contributed by atoms with E-state index >= 15 is 0 Å². The quantitative estimate of drug-likeness (QED) is 0.841. The largest absolute Gasteiger partial charge is 0.390 e. The summed E-state index contributed by atoms with van der Waals surface area (Å²) in [5, 5.41) is 12.4. The number of ether oxygens (including phenoxy) is 1. The lowest BCUT2D eigenvalue weighted by atomic mass is 9.99. The zero-order valence-electron chi connectivity index (χ0n) is 10.4. The van der Waals surface area contributed by atoms with Crippen molar-refractivity contribution in [1.82, 2.24) is 0 Å². The molecule has 1 aromatic rings. The number of hydrogen-bond acceptors (Lipinski definition) is 4. The molecule has 0 spiro atoms. The fraction of sp³-hybridized carbons (Fsp3) is 0.538. The van der Waals surface area contributed by atoms with Crippen molar-refractivity contribution in [1.29, 1.82) is 0 Å². The summed E-state index contributed by atoms with van der Waals surface area (Å²) in [4.78, 5) is 10.2. The van der Waals surface area contributed by atoms with E-state index in [1.54, 1.807) is 6.07 Å². The normalized spacial score (nSPS) is 27.4. The number of aliphatic hydroxyl groups is 1. The Kier molecular flexibility index (Phi) is 3.73. The fourth-order valence-electron chi connectivity index (χ4n) is 2.22. The number of aliphatic hydroxyl groups excluding tert-OH is 1. The van der Waals surface area contributed by atoms with Gasteiger partial charge in [-0.2, -0.15) is 4.91 Å². The molecule has 0 amide bonds. The van der Waals surface area contributed by atoms with Crippen molar-refractivity contribution >= 4 is 0 Å². The predicted molar refractivity (Wildman–Crippen MR) is 64.8 cm³/mol. The zero-order valence-corrected chi connectivity index (χ0v) is 10.4. The number of benzene rings is 1. The van der Waals surface area contributed by atoms with Gasteiger partial charge in [-0.1, -0.05) is 11.2 Å². The SMILES string of the molecule is Cc1cc(F)c(C2CC(O)C(CN=O)O2)cc1C. The lowest BCUT2D eigenvalue weighted by molar-refractivity contribution is 0.0145. The van der Waals surface area contributed by atoms with Gasteiger partial charge in [0.05, 0.1) is 12.2 Å². The summed E-state index contributed by atoms with van der Waals surface area (Å²) in [5.41, 5.74) is 2.29. The number of hydrogen-bond donors (Lipinski definition) is 1. The highest BCUT2D eigenvalue weighted by Crippen LogP contribution is 2.35. The summed E-state index contributed by atoms with van der Waals surface area (Å²) in [7, 11) is 0. The van der Waals surface area contributed by atoms with Crippen LogP contribution in [0.15, 0.2) is 17.3 Å². The lowest BCUT2D eigenvalue weighted by Gasteiger charge is -2.14. The topological polar surface area (TPSA) is 58.9 Å². The van der Waals surface area contributed by atoms with Crippen LogP contribution in [0.25, 0.3) is 0 Å². The van der Waals surface area contributed by atoms with E-state index in [1.165, 1.54) is 6.07 Å². The predicted octanol–water partition coefficient (Wildman–Crippen LogP) is 2.40. The van der Waals surface area contributed by atoms with Crippen LogP contribution in [0.5, 0.6) is 0 Å². The van der Waals surface area contributed by atoms with Gasteiger partial charge in [-0.15, -0.1) is 0 Å². The summed E-state index contributed by atoms with van der Waals surface area (Å²) in [5.74, 6) is -0.338. The van der Waals surface area contributed by atoms with Gasteiger partial charge in [0.2, 0.25) is 0 Å². The van der Waals surface area contributed by atoms with E-state index in [0.717, 1.165) is 11.1 Å². The van der Waals surface area contributed by atoms with Gasteiger partial charge in [-0.3, -0.25) is 0 Å². The molecule has 5 heteroatoms. The molecular formula is C13H16FNO3. The maximum Gasteiger partial charge on any atom is 0.129 e. The highest BCUT2D eigenvalue weighted by atomic mass is 19.1. The van der Waals surface area contributed by atoms with E-state index in [9.17, 15) is 14.4 Å². The number of nitrogens with zero attached hydrogens (tertiary/aromatic N) is 1. The third kappa shape index (κ3) is 2.42. The molecule has 3 atom stereocenters. The first-order valence-corrected chi connectivity index (χ1v) is 5.92. The molecule has 0 aliphatic carbocycles. The summed E-state index contributed by atoms with van der Waals surface area (Å²) in [6.07, 6.45) is -1.62. The van der Waals surface area contributed by atoms with Crippen LogP contribution in [0.4, 0.5) is 4.39 Å². The minimum atomic E-state index is -0.770. The van der Waals surface area contributed by atoms with Crippen LogP contribution in [0.3, 0.4) is 0 Å². The number of halogens is 1. The van der Waals surface area contributed by atoms with E-state index in [4.69, 9.17) is 4.74 Å². The second kappa shape index (κ2) is 5.12. The molecule has 1 fully saturated rings. The molecule has 4 nitrogen and oxygen atoms in total. The Morgan fingerprint density at radius 2 is 2.11 bits per heavy atom. The van der Waals surface area contributed by atoms with Crippen LogP contribution in [0, 0.1) is 24.6 Å². The third-order valence-corrected chi connectivity index (χ3v) is 3.44. The Bertz CT molecular complexity index is 464. The molecule has 1 aliphatic heterocycles. The van der Waals surface area contributed by atoms with Crippen molar-refractivity contribution in [2.24, 2.45) is 5.18 Å². The Labute approximate surface area is 105 Å². The first-order valence-electron chi connectivity index (χ1n) is 5.92. The second-order valence-electron chi connectivity index (χ2n) is 4.74. The van der Waals surface area contributed by atoms with Crippen LogP contribution in [-0.2, 0) is 4.74 Å². The van der Waals surface area contributed by atoms with Crippen LogP contribution in [-0.4, -0.2) is 23.9 Å². The molecule has 0 bridgehead atoms. The van der Waals surface area contributed by atoms with E-state index in [1.807, 2.05) is 13.8 Å². The van der Waals surface area contributed by atoms with E-state index in [-0.39, 0.29) is 12.4 Å². The minimum absolute atomic E-state index is 0.107. The summed E-state index contributed by atoms with van der Waals surface area (Å²) in [6.45, 7) is 3.63. The van der Waals surface area contributed by atoms with Gasteiger partial charge in [0.25, 0.3) is 0 Å². The van der Waals surface area contributed by atoms with Gasteiger partial charge < -0.3 is 9.84 Å². The van der Waals surface area contributed by atoms with E-state index in [0.29, 0.717) is 12.0 Å². The van der Waals surface area contributed by atoms with Gasteiger partial charge in [-0.05, 0) is 31.0 Å². The highest BCUT2D eigenvalue weighted by molar-refractivity contribution is 5.33. The molecule has 2 rings (SSSR count). The maximum atomic E-state index is 13.9. The third-order valence-electron chi connectivity index (χ3n) is 3.44. The molecule has 18 heavy (non-hydrogen) atoms. The molecule has 3 unspecified atom stereocenters. The summed E-state index contributed by atoms with van der Waals surface area (Å²) < 4.78 is 19.4. The molecule has 1 saturated heterocycles. The van der Waals surface area contributed by atoms with Gasteiger partial charge in [0.15, 0.2) is 0 Å². The van der Waals surface area contributed by atoms with Crippen LogP contribution < -0.4 is 0 Å². The van der Waals surface area contributed by atoms with Crippen LogP contribution >= 0.6 is 0 Å². The molecule has 1 heterocycles. The molecule has 0 saturated carbocycles. The van der Waals surface area contributed by atoms with Gasteiger partial charge in [0, 0.05) is 12.0 Å². The molecule has 1 aromatic carbocycles. The van der Waals surface area contributed by atoms with Crippen molar-refractivity contribution in [2.75, 3.05) is 6.54 Å². The van der Waals surface area contributed by atoms with Gasteiger partial charge in [0.1, 0.15) is 18.5 Å². The summed E-state index contributed by atoms with van der Waals surface area (Å²) >= 11 is 0. The average molecular weight is 253 g/mol. The van der Waals surface area contributed by atoms with Gasteiger partial charge in [-0.25, -0.2) is 4.39 Å². The summed E-state index contributed by atoms with van der Waals surface area (Å²) in [6, 6.07) is 3.20. The van der Waals surface area contributed by atoms with Crippen molar-refractivity contribution in [2.45, 2.75) is 38.6 Å². The molecule has 1 N–H and O–H groups in total. The van der Waals surface area contributed by atoms with Gasteiger partial charge >= 0.3 is 0 Å². The molecule has 0 radical (unpaired) electrons. The number of aryl methyl sites for hydroxylation is 2. The highest BCUT2D eigenvalue weighted by Gasteiger charge is 2.36. The number of nitroso groups, excluding NO2 is 1. The fourth-order valence-corrected chi connectivity index (χ4v) is 2.22. The van der Waals surface area contributed by atoms with Crippen LogP contribution in [0.1, 0.15) is 29.2 Å². The standard InChI is InChI=1S/C13H16FNO3/c1-7-3-9(10(14)4-8(7)2)12-5-11(16)13(18-12)6-15-17/h3-4,11-13,16H,5-6H2,1-2H3. The van der Waals surface area contributed by atoms with Crippen molar-refractivity contribution in [3.8, 4) is 0 Å². The Morgan fingerprint density at radius 1 is 1.44 bits per heavy atom. The number of rotatable bonds is 3. The Morgan fingerprint density at radius 3 is 2.78 bits per heavy atom. The van der Waals surface area contributed by atoms with Crippen molar-refractivity contribution in [3.63, 3.8) is 0 Å². The van der Waals surface area contributed by atoms with Crippen LogP contribution in [0.2, 0.25) is 0 Å².